The first-order valence-corrected chi connectivity index (χ1v) is 11.2. The molecule has 1 aromatic heterocycles. The summed E-state index contributed by atoms with van der Waals surface area (Å²) in [5, 5.41) is 7.50. The minimum absolute atomic E-state index is 0.134. The summed E-state index contributed by atoms with van der Waals surface area (Å²) in [6.07, 6.45) is 0.909. The molecule has 7 nitrogen and oxygen atoms in total. The highest BCUT2D eigenvalue weighted by Crippen LogP contribution is 2.29. The summed E-state index contributed by atoms with van der Waals surface area (Å²) in [7, 11) is 0. The molecule has 1 aliphatic rings. The third-order valence-electron chi connectivity index (χ3n) is 5.85. The number of amides is 3. The fourth-order valence-corrected chi connectivity index (χ4v) is 4.23. The normalized spacial score (nSPS) is 13.1. The zero-order chi connectivity index (χ0) is 23.7. The van der Waals surface area contributed by atoms with Crippen LogP contribution in [0.4, 0.5) is 11.4 Å². The van der Waals surface area contributed by atoms with E-state index >= 15 is 0 Å². The highest BCUT2D eigenvalue weighted by atomic mass is 16.2. The van der Waals surface area contributed by atoms with Gasteiger partial charge in [0.2, 0.25) is 5.91 Å². The maximum atomic E-state index is 12.7. The average molecular weight is 445 g/mol. The first-order chi connectivity index (χ1) is 15.8. The van der Waals surface area contributed by atoms with E-state index in [9.17, 15) is 14.4 Å². The van der Waals surface area contributed by atoms with E-state index in [-0.39, 0.29) is 17.7 Å². The van der Waals surface area contributed by atoms with Gasteiger partial charge in [-0.15, -0.1) is 0 Å². The first-order valence-electron chi connectivity index (χ1n) is 11.2. The van der Waals surface area contributed by atoms with Crippen molar-refractivity contribution in [3.05, 3.63) is 76.6 Å². The van der Waals surface area contributed by atoms with Crippen molar-refractivity contribution >= 4 is 29.1 Å². The maximum Gasteiger partial charge on any atom is 0.266 e. The van der Waals surface area contributed by atoms with E-state index < -0.39 is 0 Å². The fraction of sp³-hybridized carbons (Fsp3) is 0.308. The Morgan fingerprint density at radius 2 is 1.67 bits per heavy atom. The maximum absolute atomic E-state index is 12.7. The molecule has 0 radical (unpaired) electrons. The molecule has 4 rings (SSSR count). The Labute approximate surface area is 193 Å². The Morgan fingerprint density at radius 3 is 2.30 bits per heavy atom. The van der Waals surface area contributed by atoms with Crippen molar-refractivity contribution in [1.29, 1.82) is 0 Å². The van der Waals surface area contributed by atoms with Gasteiger partial charge in [0.1, 0.15) is 0 Å². The second kappa shape index (κ2) is 9.02. The number of hydrogen-bond donors (Lipinski definition) is 1. The van der Waals surface area contributed by atoms with Crippen molar-refractivity contribution in [2.75, 3.05) is 10.2 Å². The predicted octanol–water partition coefficient (Wildman–Crippen LogP) is 4.53. The molecular weight excluding hydrogens is 416 g/mol. The number of benzene rings is 2. The van der Waals surface area contributed by atoms with Crippen LogP contribution in [-0.4, -0.2) is 27.5 Å². The van der Waals surface area contributed by atoms with Crippen LogP contribution in [0.15, 0.2) is 48.5 Å². The van der Waals surface area contributed by atoms with Crippen molar-refractivity contribution in [3.63, 3.8) is 0 Å². The lowest BCUT2D eigenvalue weighted by Gasteiger charge is -2.15. The molecule has 0 atom stereocenters. The molecule has 0 saturated heterocycles. The molecule has 1 N–H and O–H groups in total. The van der Waals surface area contributed by atoms with Gasteiger partial charge >= 0.3 is 0 Å². The summed E-state index contributed by atoms with van der Waals surface area (Å²) in [5.41, 5.74) is 4.90. The minimum Gasteiger partial charge on any atom is -0.326 e. The van der Waals surface area contributed by atoms with Crippen LogP contribution in [-0.2, 0) is 17.8 Å². The smallest absolute Gasteiger partial charge is 0.266 e. The van der Waals surface area contributed by atoms with E-state index in [0.29, 0.717) is 41.3 Å². The monoisotopic (exact) mass is 444 g/mol. The summed E-state index contributed by atoms with van der Waals surface area (Å²) >= 11 is 0. The van der Waals surface area contributed by atoms with E-state index in [1.807, 2.05) is 18.5 Å². The third kappa shape index (κ3) is 4.44. The summed E-state index contributed by atoms with van der Waals surface area (Å²) < 4.78 is 2.01. The Balaban J connectivity index is 1.44. The summed E-state index contributed by atoms with van der Waals surface area (Å²) in [6.45, 7) is 9.17. The van der Waals surface area contributed by atoms with E-state index in [0.717, 1.165) is 28.4 Å². The van der Waals surface area contributed by atoms with Gasteiger partial charge in [0.25, 0.3) is 11.8 Å². The molecule has 0 aliphatic carbocycles. The van der Waals surface area contributed by atoms with Crippen LogP contribution in [0.25, 0.3) is 0 Å². The van der Waals surface area contributed by atoms with Gasteiger partial charge in [-0.3, -0.25) is 19.1 Å². The fourth-order valence-electron chi connectivity index (χ4n) is 4.23. The molecule has 3 aromatic rings. The number of aryl methyl sites for hydroxylation is 1. The highest BCUT2D eigenvalue weighted by Gasteiger charge is 2.36. The lowest BCUT2D eigenvalue weighted by Crippen LogP contribution is -2.29. The molecule has 0 fully saturated rings. The molecule has 7 heteroatoms. The number of carbonyl (C=O) groups is 3. The van der Waals surface area contributed by atoms with Gasteiger partial charge in [0, 0.05) is 24.3 Å². The van der Waals surface area contributed by atoms with E-state index in [4.69, 9.17) is 0 Å². The molecule has 0 spiro atoms. The van der Waals surface area contributed by atoms with Crippen LogP contribution in [0.5, 0.6) is 0 Å². The number of nitrogens with one attached hydrogen (secondary N) is 1. The van der Waals surface area contributed by atoms with Crippen molar-refractivity contribution in [1.82, 2.24) is 9.78 Å². The van der Waals surface area contributed by atoms with Gasteiger partial charge in [0.15, 0.2) is 0 Å². The number of hydrogen-bond acceptors (Lipinski definition) is 4. The lowest BCUT2D eigenvalue weighted by atomic mass is 10.1. The number of anilines is 2. The highest BCUT2D eigenvalue weighted by molar-refractivity contribution is 6.34. The van der Waals surface area contributed by atoms with Crippen LogP contribution >= 0.6 is 0 Å². The number of carbonyl (C=O) groups excluding carboxylic acids is 3. The van der Waals surface area contributed by atoms with Gasteiger partial charge in [-0.25, -0.2) is 4.90 Å². The minimum atomic E-state index is -0.358. The molecule has 3 amide bonds. The predicted molar refractivity (Wildman–Crippen MR) is 128 cm³/mol. The van der Waals surface area contributed by atoms with Crippen molar-refractivity contribution in [2.24, 2.45) is 5.92 Å². The molecule has 0 bridgehead atoms. The largest absolute Gasteiger partial charge is 0.326 e. The molecule has 170 valence electrons. The summed E-state index contributed by atoms with van der Waals surface area (Å²) in [5.74, 6) is -0.356. The number of rotatable bonds is 7. The van der Waals surface area contributed by atoms with E-state index in [1.165, 1.54) is 0 Å². The van der Waals surface area contributed by atoms with Crippen LogP contribution in [0.1, 0.15) is 57.9 Å². The van der Waals surface area contributed by atoms with Crippen LogP contribution in [0, 0.1) is 19.8 Å². The standard InChI is InChI=1S/C26H28N4O3/c1-16(2)15-29-18(4)21(17(3)28-29)12-13-24(31)27-19-8-7-9-20(14-19)30-25(32)22-10-5-6-11-23(22)26(30)33/h5-11,14,16H,12-13,15H2,1-4H3,(H,27,31). The van der Waals surface area contributed by atoms with Crippen LogP contribution < -0.4 is 10.2 Å². The summed E-state index contributed by atoms with van der Waals surface area (Å²) in [6, 6.07) is 13.6. The zero-order valence-corrected chi connectivity index (χ0v) is 19.4. The molecule has 0 saturated carbocycles. The molecule has 1 aliphatic heterocycles. The Hall–Kier alpha value is -3.74. The SMILES string of the molecule is Cc1nn(CC(C)C)c(C)c1CCC(=O)Nc1cccc(N2C(=O)c3ccccc3C2=O)c1. The number of fused-ring (bicyclic) bond motifs is 1. The molecule has 0 unspecified atom stereocenters. The Bertz CT molecular complexity index is 1210. The quantitative estimate of drug-likeness (QED) is 0.543. The van der Waals surface area contributed by atoms with Crippen LogP contribution in [0.3, 0.4) is 0 Å². The first kappa shape index (κ1) is 22.5. The second-order valence-corrected chi connectivity index (χ2v) is 8.82. The van der Waals surface area contributed by atoms with Gasteiger partial charge in [-0.2, -0.15) is 5.10 Å². The molecule has 33 heavy (non-hydrogen) atoms. The van der Waals surface area contributed by atoms with Crippen molar-refractivity contribution in [3.8, 4) is 0 Å². The second-order valence-electron chi connectivity index (χ2n) is 8.82. The molecular formula is C26H28N4O3. The van der Waals surface area contributed by atoms with E-state index in [1.54, 1.807) is 48.5 Å². The number of nitrogens with zero attached hydrogens (tertiary/aromatic N) is 3. The van der Waals surface area contributed by atoms with Gasteiger partial charge in [-0.1, -0.05) is 32.0 Å². The average Bonchev–Trinajstić information content (AvgIpc) is 3.18. The zero-order valence-electron chi connectivity index (χ0n) is 19.4. The number of aromatic nitrogens is 2. The molecule has 2 aromatic carbocycles. The van der Waals surface area contributed by atoms with Crippen molar-refractivity contribution in [2.45, 2.75) is 47.1 Å². The van der Waals surface area contributed by atoms with Gasteiger partial charge in [-0.05, 0) is 62.1 Å². The topological polar surface area (TPSA) is 84.3 Å². The number of imide groups is 1. The lowest BCUT2D eigenvalue weighted by molar-refractivity contribution is -0.116. The van der Waals surface area contributed by atoms with Crippen LogP contribution in [0.2, 0.25) is 0 Å². The Morgan fingerprint density at radius 1 is 1.00 bits per heavy atom. The summed E-state index contributed by atoms with van der Waals surface area (Å²) in [4.78, 5) is 39.3. The van der Waals surface area contributed by atoms with E-state index in [2.05, 4.69) is 24.3 Å². The molecule has 2 heterocycles. The van der Waals surface area contributed by atoms with Gasteiger partial charge < -0.3 is 5.32 Å². The third-order valence-corrected chi connectivity index (χ3v) is 5.85. The van der Waals surface area contributed by atoms with Gasteiger partial charge in [0.05, 0.1) is 22.5 Å². The Kier molecular flexibility index (Phi) is 6.14. The van der Waals surface area contributed by atoms with Crippen molar-refractivity contribution < 1.29 is 14.4 Å².